The van der Waals surface area contributed by atoms with Gasteiger partial charge in [0, 0.05) is 38.4 Å². The van der Waals surface area contributed by atoms with Gasteiger partial charge in [-0.2, -0.15) is 0 Å². The number of hydrogen-bond acceptors (Lipinski definition) is 5. The summed E-state index contributed by atoms with van der Waals surface area (Å²) >= 11 is 0. The fourth-order valence-electron chi connectivity index (χ4n) is 3.75. The van der Waals surface area contributed by atoms with Crippen molar-refractivity contribution < 1.29 is 19.0 Å². The molecule has 1 saturated carbocycles. The summed E-state index contributed by atoms with van der Waals surface area (Å²) in [5.74, 6) is -1.57. The van der Waals surface area contributed by atoms with Crippen LogP contribution in [0.3, 0.4) is 0 Å². The number of methoxy groups -OCH3 is 1. The Kier molecular flexibility index (Phi) is 5.54. The minimum absolute atomic E-state index is 0. The molecule has 0 amide bonds. The molecule has 1 aromatic heterocycles. The Labute approximate surface area is 167 Å². The lowest BCUT2D eigenvalue weighted by Gasteiger charge is -2.35. The number of rotatable bonds is 4. The van der Waals surface area contributed by atoms with Crippen molar-refractivity contribution >= 4 is 35.0 Å². The number of aromatic nitrogens is 1. The minimum atomic E-state index is -1.31. The van der Waals surface area contributed by atoms with Gasteiger partial charge < -0.3 is 24.2 Å². The van der Waals surface area contributed by atoms with Gasteiger partial charge in [0.15, 0.2) is 11.6 Å². The Balaban J connectivity index is 0.00000225. The van der Waals surface area contributed by atoms with E-state index < -0.39 is 17.2 Å². The lowest BCUT2D eigenvalue weighted by molar-refractivity contribution is 0.0695. The summed E-state index contributed by atoms with van der Waals surface area (Å²) in [6, 6.07) is 1.27. The largest absolute Gasteiger partial charge is 0.492 e. The molecule has 2 heterocycles. The van der Waals surface area contributed by atoms with Crippen molar-refractivity contribution in [2.24, 2.45) is 0 Å². The van der Waals surface area contributed by atoms with E-state index in [9.17, 15) is 14.7 Å². The molecule has 0 radical (unpaired) electrons. The number of piperazine rings is 1. The quantitative estimate of drug-likeness (QED) is 0.832. The fraction of sp³-hybridized carbons (Fsp3) is 0.474. The highest BCUT2D eigenvalue weighted by molar-refractivity contribution is 5.97. The average Bonchev–Trinajstić information content (AvgIpc) is 3.47. The highest BCUT2D eigenvalue weighted by atomic mass is 35.5. The van der Waals surface area contributed by atoms with Crippen LogP contribution in [0.1, 0.15) is 29.2 Å². The topological polar surface area (TPSA) is 75.0 Å². The maximum absolute atomic E-state index is 15.1. The molecular formula is C19H23ClFN3O4. The number of benzene rings is 1. The number of anilines is 1. The highest BCUT2D eigenvalue weighted by Crippen LogP contribution is 2.43. The molecule has 1 aromatic carbocycles. The molecule has 2 aromatic rings. The smallest absolute Gasteiger partial charge is 0.341 e. The Morgan fingerprint density at radius 3 is 2.43 bits per heavy atom. The number of likely N-dealkylation sites (N-methyl/N-ethyl adjacent to an activating group) is 1. The molecule has 1 saturated heterocycles. The second-order valence-electron chi connectivity index (χ2n) is 7.24. The SMILES string of the molecule is COc1c(N2CCN(C)CC2)c(F)cc2c(=O)c(C(=O)O)cn(C3CC3)c12.Cl. The summed E-state index contributed by atoms with van der Waals surface area (Å²) in [5, 5.41) is 9.43. The molecule has 0 spiro atoms. The van der Waals surface area contributed by atoms with Crippen LogP contribution in [-0.4, -0.2) is 60.9 Å². The zero-order chi connectivity index (χ0) is 19.3. The van der Waals surface area contributed by atoms with Crippen molar-refractivity contribution in [2.75, 3.05) is 45.2 Å². The Morgan fingerprint density at radius 2 is 1.89 bits per heavy atom. The zero-order valence-corrected chi connectivity index (χ0v) is 16.6. The lowest BCUT2D eigenvalue weighted by Crippen LogP contribution is -2.45. The number of ether oxygens (including phenoxy) is 1. The zero-order valence-electron chi connectivity index (χ0n) is 15.8. The van der Waals surface area contributed by atoms with Crippen LogP contribution in [0.15, 0.2) is 17.1 Å². The van der Waals surface area contributed by atoms with Gasteiger partial charge in [-0.05, 0) is 26.0 Å². The van der Waals surface area contributed by atoms with Crippen molar-refractivity contribution in [2.45, 2.75) is 18.9 Å². The van der Waals surface area contributed by atoms with E-state index in [0.717, 1.165) is 25.9 Å². The first-order valence-electron chi connectivity index (χ1n) is 9.04. The number of pyridine rings is 1. The van der Waals surface area contributed by atoms with E-state index in [1.54, 1.807) is 4.57 Å². The van der Waals surface area contributed by atoms with Gasteiger partial charge in [-0.25, -0.2) is 9.18 Å². The van der Waals surface area contributed by atoms with E-state index >= 15 is 4.39 Å². The van der Waals surface area contributed by atoms with Gasteiger partial charge in [0.05, 0.1) is 18.0 Å². The molecule has 1 aliphatic carbocycles. The predicted octanol–water partition coefficient (Wildman–Crippen LogP) is 2.36. The predicted molar refractivity (Wildman–Crippen MR) is 107 cm³/mol. The molecule has 9 heteroatoms. The summed E-state index contributed by atoms with van der Waals surface area (Å²) in [4.78, 5) is 28.3. The van der Waals surface area contributed by atoms with Gasteiger partial charge >= 0.3 is 5.97 Å². The van der Waals surface area contributed by atoms with E-state index in [0.29, 0.717) is 30.0 Å². The number of carboxylic acids is 1. The number of nitrogens with zero attached hydrogens (tertiary/aromatic N) is 3. The van der Waals surface area contributed by atoms with Gasteiger partial charge in [0.2, 0.25) is 5.43 Å². The Bertz CT molecular complexity index is 982. The highest BCUT2D eigenvalue weighted by Gasteiger charge is 2.31. The van der Waals surface area contributed by atoms with Crippen LogP contribution in [0.5, 0.6) is 5.75 Å². The number of carboxylic acid groups (broad SMARTS) is 1. The third-order valence-corrected chi connectivity index (χ3v) is 5.39. The van der Waals surface area contributed by atoms with E-state index in [4.69, 9.17) is 4.74 Å². The van der Waals surface area contributed by atoms with Gasteiger partial charge in [0.25, 0.3) is 0 Å². The summed E-state index contributed by atoms with van der Waals surface area (Å²) in [7, 11) is 3.48. The summed E-state index contributed by atoms with van der Waals surface area (Å²) in [6.45, 7) is 2.90. The molecule has 2 aliphatic rings. The van der Waals surface area contributed by atoms with Crippen molar-refractivity contribution in [1.29, 1.82) is 0 Å². The first kappa shape index (κ1) is 20.4. The average molecular weight is 412 g/mol. The summed E-state index contributed by atoms with van der Waals surface area (Å²) < 4.78 is 22.4. The first-order valence-corrected chi connectivity index (χ1v) is 9.04. The molecule has 152 valence electrons. The Hall–Kier alpha value is -2.32. The van der Waals surface area contributed by atoms with Crippen LogP contribution in [0.25, 0.3) is 10.9 Å². The van der Waals surface area contributed by atoms with Crippen molar-refractivity contribution in [3.05, 3.63) is 33.9 Å². The maximum atomic E-state index is 15.1. The number of carbonyl (C=O) groups is 1. The molecule has 1 N–H and O–H groups in total. The molecule has 0 unspecified atom stereocenters. The standard InChI is InChI=1S/C19H22FN3O4.ClH/c1-21-5-7-22(8-6-21)16-14(20)9-12-15(18(16)27-2)23(11-3-4-11)10-13(17(12)24)19(25)26;/h9-11H,3-8H2,1-2H3,(H,25,26);1H. The van der Waals surface area contributed by atoms with Gasteiger partial charge in [-0.15, -0.1) is 12.4 Å². The molecule has 4 rings (SSSR count). The van der Waals surface area contributed by atoms with Crippen LogP contribution in [0.4, 0.5) is 10.1 Å². The summed E-state index contributed by atoms with van der Waals surface area (Å²) in [5.41, 5.74) is -0.208. The van der Waals surface area contributed by atoms with Crippen molar-refractivity contribution in [3.8, 4) is 5.75 Å². The third-order valence-electron chi connectivity index (χ3n) is 5.39. The van der Waals surface area contributed by atoms with Gasteiger partial charge in [-0.1, -0.05) is 0 Å². The van der Waals surface area contributed by atoms with Crippen molar-refractivity contribution in [3.63, 3.8) is 0 Å². The molecule has 0 bridgehead atoms. The maximum Gasteiger partial charge on any atom is 0.341 e. The van der Waals surface area contributed by atoms with Crippen LogP contribution in [0, 0.1) is 5.82 Å². The molecule has 0 atom stereocenters. The monoisotopic (exact) mass is 411 g/mol. The molecular weight excluding hydrogens is 389 g/mol. The second-order valence-corrected chi connectivity index (χ2v) is 7.24. The lowest BCUT2D eigenvalue weighted by atomic mass is 10.1. The molecule has 2 fully saturated rings. The van der Waals surface area contributed by atoms with E-state index in [1.165, 1.54) is 19.4 Å². The van der Waals surface area contributed by atoms with Crippen LogP contribution < -0.4 is 15.1 Å². The number of fused-ring (bicyclic) bond motifs is 1. The normalized spacial score (nSPS) is 17.5. The second kappa shape index (κ2) is 7.60. The van der Waals surface area contributed by atoms with E-state index in [2.05, 4.69) is 4.90 Å². The fourth-order valence-corrected chi connectivity index (χ4v) is 3.75. The van der Waals surface area contributed by atoms with E-state index in [1.807, 2.05) is 11.9 Å². The Morgan fingerprint density at radius 1 is 1.25 bits per heavy atom. The number of hydrogen-bond donors (Lipinski definition) is 1. The number of halogens is 2. The molecule has 28 heavy (non-hydrogen) atoms. The van der Waals surface area contributed by atoms with Crippen LogP contribution >= 0.6 is 12.4 Å². The molecule has 1 aliphatic heterocycles. The summed E-state index contributed by atoms with van der Waals surface area (Å²) in [6.07, 6.45) is 3.15. The van der Waals surface area contributed by atoms with Gasteiger partial charge in [0.1, 0.15) is 11.3 Å². The first-order chi connectivity index (χ1) is 12.9. The van der Waals surface area contributed by atoms with Crippen LogP contribution in [-0.2, 0) is 0 Å². The number of aromatic carboxylic acids is 1. The van der Waals surface area contributed by atoms with Gasteiger partial charge in [-0.3, -0.25) is 4.79 Å². The van der Waals surface area contributed by atoms with Crippen LogP contribution in [0.2, 0.25) is 0 Å². The van der Waals surface area contributed by atoms with E-state index in [-0.39, 0.29) is 29.4 Å². The minimum Gasteiger partial charge on any atom is -0.492 e. The van der Waals surface area contributed by atoms with Crippen molar-refractivity contribution in [1.82, 2.24) is 9.47 Å². The molecule has 7 nitrogen and oxygen atoms in total. The third kappa shape index (κ3) is 3.31.